The van der Waals surface area contributed by atoms with Gasteiger partial charge in [-0.25, -0.2) is 0 Å². The third-order valence-corrected chi connectivity index (χ3v) is 12.4. The molecule has 0 radical (unpaired) electrons. The summed E-state index contributed by atoms with van der Waals surface area (Å²) in [4.78, 5) is 2.50. The van der Waals surface area contributed by atoms with E-state index >= 15 is 0 Å². The largest absolute Gasteiger partial charge is 0.456 e. The van der Waals surface area contributed by atoms with E-state index in [1.807, 2.05) is 11.3 Å². The Hall–Kier alpha value is -6.68. The number of hydrogen-bond donors (Lipinski definition) is 0. The summed E-state index contributed by atoms with van der Waals surface area (Å²) in [5.74, 6) is 0. The zero-order valence-corrected chi connectivity index (χ0v) is 29.3. The lowest BCUT2D eigenvalue weighted by Gasteiger charge is -2.29. The minimum Gasteiger partial charge on any atom is -0.456 e. The van der Waals surface area contributed by atoms with Crippen LogP contribution in [-0.4, -0.2) is 0 Å². The van der Waals surface area contributed by atoms with Crippen molar-refractivity contribution in [2.75, 3.05) is 4.90 Å². The predicted molar refractivity (Wildman–Crippen MR) is 229 cm³/mol. The highest BCUT2D eigenvalue weighted by Gasteiger charge is 2.23. The lowest BCUT2D eigenvalue weighted by Crippen LogP contribution is -2.11. The number of fused-ring (bicyclic) bond motifs is 14. The third-order valence-electron chi connectivity index (χ3n) is 11.2. The van der Waals surface area contributed by atoms with Crippen molar-refractivity contribution in [2.24, 2.45) is 0 Å². The molecule has 0 aliphatic carbocycles. The Balaban J connectivity index is 1.20. The number of thiophene rings is 1. The van der Waals surface area contributed by atoms with E-state index in [-0.39, 0.29) is 0 Å². The van der Waals surface area contributed by atoms with E-state index in [0.29, 0.717) is 0 Å². The highest BCUT2D eigenvalue weighted by Crippen LogP contribution is 2.50. The first-order chi connectivity index (χ1) is 26.3. The van der Waals surface area contributed by atoms with E-state index in [4.69, 9.17) is 4.42 Å². The SMILES string of the molecule is c1ccc2c(N(c3ccc4oc5cc6c7ccccc7c7ccccc7c6cc5c4c3)c3cccc4c3sc3ccccc34)c3ccccc3cc2c1. The second-order valence-electron chi connectivity index (χ2n) is 14.0. The van der Waals surface area contributed by atoms with E-state index in [1.165, 1.54) is 85.4 Å². The third kappa shape index (κ3) is 4.14. The standard InChI is InChI=1S/C50H29NOS/c1-3-14-33-30(12-1)26-31-13-2-4-15-34(31)49(33)51(45-22-11-21-40-39-20-9-10-23-48(39)53-50(40)45)32-24-25-46-43(27-32)44-28-41-37-18-7-5-16-35(37)36-17-6-8-19-38(36)42(41)29-47(44)52-46/h1-29H. The molecule has 0 spiro atoms. The van der Waals surface area contributed by atoms with Crippen molar-refractivity contribution in [3.05, 3.63) is 176 Å². The number of nitrogens with zero attached hydrogens (tertiary/aromatic N) is 1. The van der Waals surface area contributed by atoms with Crippen LogP contribution in [0, 0.1) is 0 Å². The maximum Gasteiger partial charge on any atom is 0.136 e. The second kappa shape index (κ2) is 10.9. The lowest BCUT2D eigenvalue weighted by molar-refractivity contribution is 0.669. The monoisotopic (exact) mass is 691 g/mol. The van der Waals surface area contributed by atoms with Gasteiger partial charge < -0.3 is 9.32 Å². The number of hydrogen-bond acceptors (Lipinski definition) is 3. The Kier molecular flexibility index (Phi) is 5.96. The molecule has 3 heteroatoms. The van der Waals surface area contributed by atoms with Crippen LogP contribution in [0.15, 0.2) is 180 Å². The number of furan rings is 1. The molecule has 0 unspecified atom stereocenters. The van der Waals surface area contributed by atoms with Crippen molar-refractivity contribution in [3.63, 3.8) is 0 Å². The van der Waals surface area contributed by atoms with Crippen LogP contribution in [0.1, 0.15) is 0 Å². The van der Waals surface area contributed by atoms with Crippen LogP contribution < -0.4 is 4.90 Å². The Morgan fingerprint density at radius 2 is 0.906 bits per heavy atom. The average Bonchev–Trinajstić information content (AvgIpc) is 3.78. The van der Waals surface area contributed by atoms with Gasteiger partial charge in [-0.3, -0.25) is 0 Å². The van der Waals surface area contributed by atoms with E-state index in [1.54, 1.807) is 0 Å². The van der Waals surface area contributed by atoms with Crippen molar-refractivity contribution in [1.29, 1.82) is 0 Å². The summed E-state index contributed by atoms with van der Waals surface area (Å²) in [6, 6.07) is 64.3. The summed E-state index contributed by atoms with van der Waals surface area (Å²) in [7, 11) is 0. The molecule has 0 aliphatic heterocycles. The fraction of sp³-hybridized carbons (Fsp3) is 0. The van der Waals surface area contributed by atoms with Crippen molar-refractivity contribution in [3.8, 4) is 0 Å². The maximum atomic E-state index is 6.70. The second-order valence-corrected chi connectivity index (χ2v) is 15.1. The van der Waals surface area contributed by atoms with Crippen LogP contribution in [-0.2, 0) is 0 Å². The van der Waals surface area contributed by atoms with Crippen LogP contribution in [0.4, 0.5) is 17.1 Å². The summed E-state index contributed by atoms with van der Waals surface area (Å²) in [5.41, 5.74) is 5.23. The van der Waals surface area contributed by atoms with Crippen molar-refractivity contribution >= 4 is 124 Å². The van der Waals surface area contributed by atoms with Crippen LogP contribution in [0.5, 0.6) is 0 Å². The molecule has 12 rings (SSSR count). The van der Waals surface area contributed by atoms with E-state index in [0.717, 1.165) is 27.6 Å². The summed E-state index contributed by atoms with van der Waals surface area (Å²) in [5, 5.41) is 17.2. The van der Waals surface area contributed by atoms with Gasteiger partial charge in [0, 0.05) is 42.7 Å². The van der Waals surface area contributed by atoms with Crippen LogP contribution in [0.25, 0.3) is 96.0 Å². The molecular formula is C50H29NOS. The summed E-state index contributed by atoms with van der Waals surface area (Å²) in [6.45, 7) is 0. The molecular weight excluding hydrogens is 663 g/mol. The first-order valence-corrected chi connectivity index (χ1v) is 18.9. The molecule has 12 aromatic rings. The fourth-order valence-electron chi connectivity index (χ4n) is 8.83. The summed E-state index contributed by atoms with van der Waals surface area (Å²) in [6.07, 6.45) is 0. The minimum absolute atomic E-state index is 0.885. The van der Waals surface area contributed by atoms with Gasteiger partial charge in [-0.1, -0.05) is 127 Å². The Labute approximate surface area is 308 Å². The Bertz CT molecular complexity index is 3430. The van der Waals surface area contributed by atoms with Gasteiger partial charge in [0.25, 0.3) is 0 Å². The van der Waals surface area contributed by atoms with Gasteiger partial charge in [-0.2, -0.15) is 0 Å². The Morgan fingerprint density at radius 3 is 1.60 bits per heavy atom. The molecule has 0 aliphatic rings. The summed E-state index contributed by atoms with van der Waals surface area (Å²) < 4.78 is 9.26. The van der Waals surface area contributed by atoms with Gasteiger partial charge >= 0.3 is 0 Å². The number of anilines is 3. The fourth-order valence-corrected chi connectivity index (χ4v) is 10.0. The van der Waals surface area contributed by atoms with Crippen molar-refractivity contribution in [1.82, 2.24) is 0 Å². The van der Waals surface area contributed by atoms with Gasteiger partial charge in [0.2, 0.25) is 0 Å². The lowest BCUT2D eigenvalue weighted by atomic mass is 9.93. The first kappa shape index (κ1) is 29.0. The van der Waals surface area contributed by atoms with Gasteiger partial charge in [0.1, 0.15) is 11.2 Å². The highest BCUT2D eigenvalue weighted by atomic mass is 32.1. The van der Waals surface area contributed by atoms with Gasteiger partial charge in [0.15, 0.2) is 0 Å². The normalized spacial score (nSPS) is 12.2. The molecule has 2 nitrogen and oxygen atoms in total. The molecule has 246 valence electrons. The summed E-state index contributed by atoms with van der Waals surface area (Å²) >= 11 is 1.87. The number of benzene rings is 10. The molecule has 0 saturated carbocycles. The highest BCUT2D eigenvalue weighted by molar-refractivity contribution is 7.26. The molecule has 0 fully saturated rings. The minimum atomic E-state index is 0.885. The van der Waals surface area contributed by atoms with Crippen molar-refractivity contribution in [2.45, 2.75) is 0 Å². The van der Waals surface area contributed by atoms with Crippen LogP contribution in [0.3, 0.4) is 0 Å². The number of rotatable bonds is 3. The quantitative estimate of drug-likeness (QED) is 0.135. The molecule has 0 N–H and O–H groups in total. The average molecular weight is 692 g/mol. The van der Waals surface area contributed by atoms with Gasteiger partial charge in [0.05, 0.1) is 16.1 Å². The van der Waals surface area contributed by atoms with E-state index in [2.05, 4.69) is 181 Å². The molecule has 0 bridgehead atoms. The van der Waals surface area contributed by atoms with Crippen LogP contribution >= 0.6 is 11.3 Å². The van der Waals surface area contributed by atoms with Gasteiger partial charge in [-0.15, -0.1) is 11.3 Å². The smallest absolute Gasteiger partial charge is 0.136 e. The zero-order valence-electron chi connectivity index (χ0n) is 28.5. The van der Waals surface area contributed by atoms with Gasteiger partial charge in [-0.05, 0) is 91.6 Å². The molecule has 53 heavy (non-hydrogen) atoms. The topological polar surface area (TPSA) is 16.4 Å². The molecule has 2 heterocycles. The molecule has 0 amide bonds. The molecule has 10 aromatic carbocycles. The zero-order chi connectivity index (χ0) is 34.6. The first-order valence-electron chi connectivity index (χ1n) is 18.1. The maximum absolute atomic E-state index is 6.70. The Morgan fingerprint density at radius 1 is 0.358 bits per heavy atom. The van der Waals surface area contributed by atoms with E-state index < -0.39 is 0 Å². The van der Waals surface area contributed by atoms with E-state index in [9.17, 15) is 0 Å². The molecule has 0 atom stereocenters. The molecule has 2 aromatic heterocycles. The van der Waals surface area contributed by atoms with Crippen LogP contribution in [0.2, 0.25) is 0 Å². The van der Waals surface area contributed by atoms with Crippen molar-refractivity contribution < 1.29 is 4.42 Å². The predicted octanol–water partition coefficient (Wildman–Crippen LogP) is 15.2. The molecule has 0 saturated heterocycles.